The molecule has 0 unspecified atom stereocenters. The van der Waals surface area contributed by atoms with Crippen LogP contribution in [0.3, 0.4) is 0 Å². The zero-order chi connectivity index (χ0) is 36.7. The molecule has 0 fully saturated rings. The van der Waals surface area contributed by atoms with E-state index in [4.69, 9.17) is 4.42 Å². The van der Waals surface area contributed by atoms with Crippen molar-refractivity contribution in [3.63, 3.8) is 0 Å². The summed E-state index contributed by atoms with van der Waals surface area (Å²) in [5.74, 6) is 0. The van der Waals surface area contributed by atoms with Crippen molar-refractivity contribution in [3.8, 4) is 44.5 Å². The summed E-state index contributed by atoms with van der Waals surface area (Å²) in [6.07, 6.45) is 0. The second kappa shape index (κ2) is 12.3. The van der Waals surface area contributed by atoms with E-state index in [1.54, 1.807) is 0 Å². The van der Waals surface area contributed by atoms with Crippen LogP contribution in [-0.4, -0.2) is 0 Å². The number of para-hydroxylation sites is 1. The lowest BCUT2D eigenvalue weighted by molar-refractivity contribution is 0.669. The van der Waals surface area contributed by atoms with Gasteiger partial charge in [-0.05, 0) is 184 Å². The van der Waals surface area contributed by atoms with Gasteiger partial charge in [0.2, 0.25) is 0 Å². The largest absolute Gasteiger partial charge is 0.456 e. The molecule has 258 valence electrons. The molecule has 0 aliphatic rings. The molecule has 0 saturated heterocycles. The van der Waals surface area contributed by atoms with Crippen LogP contribution in [0, 0.1) is 55.4 Å². The van der Waals surface area contributed by atoms with E-state index in [1.807, 2.05) is 12.1 Å². The molecule has 0 radical (unpaired) electrons. The van der Waals surface area contributed by atoms with Crippen LogP contribution >= 0.6 is 0 Å². The monoisotopic (exact) mass is 684 g/mol. The average Bonchev–Trinajstić information content (AvgIpc) is 3.58. The van der Waals surface area contributed by atoms with Crippen molar-refractivity contribution in [2.24, 2.45) is 0 Å². The van der Waals surface area contributed by atoms with Gasteiger partial charge in [-0.3, -0.25) is 0 Å². The SMILES string of the molecule is Cc1c(C)c(C)c2c(-c3ccc(-c4ccc(-c5ccc6oc7ccccc7c6c5)cc4)cc3)c3c(C)c(C)c(C)c(C)c3c(-c3ccccc3)c2c1C. The van der Waals surface area contributed by atoms with Crippen molar-refractivity contribution in [2.45, 2.75) is 55.4 Å². The first kappa shape index (κ1) is 33.0. The Balaban J connectivity index is 1.22. The maximum Gasteiger partial charge on any atom is 0.135 e. The minimum Gasteiger partial charge on any atom is -0.456 e. The van der Waals surface area contributed by atoms with Crippen molar-refractivity contribution in [1.29, 1.82) is 0 Å². The molecule has 0 aliphatic carbocycles. The summed E-state index contributed by atoms with van der Waals surface area (Å²) in [4.78, 5) is 0. The Kier molecular flexibility index (Phi) is 7.68. The number of fused-ring (bicyclic) bond motifs is 5. The van der Waals surface area contributed by atoms with Gasteiger partial charge in [0.1, 0.15) is 11.2 Å². The average molecular weight is 685 g/mol. The number of furan rings is 1. The Hall–Kier alpha value is -5.92. The quantitative estimate of drug-likeness (QED) is 0.168. The van der Waals surface area contributed by atoms with Gasteiger partial charge in [-0.1, -0.05) is 103 Å². The Morgan fingerprint density at radius 2 is 0.642 bits per heavy atom. The maximum absolute atomic E-state index is 6.08. The minimum atomic E-state index is 0.924. The van der Waals surface area contributed by atoms with Gasteiger partial charge in [0.15, 0.2) is 0 Å². The van der Waals surface area contributed by atoms with Crippen LogP contribution in [0.1, 0.15) is 44.5 Å². The van der Waals surface area contributed by atoms with Crippen molar-refractivity contribution >= 4 is 43.5 Å². The van der Waals surface area contributed by atoms with Crippen LogP contribution in [0.5, 0.6) is 0 Å². The standard InChI is InChI=1S/C52H44O/c1-29-31(3)35(7)49-47(33(29)5)51(40-14-10-9-11-15-40)48-34(6)30(2)32(4)36(8)50(48)52(49)41-24-22-38(23-25-41)37-18-20-39(21-19-37)42-26-27-46-44(28-42)43-16-12-13-17-45(43)53-46/h9-28H,1-8H3. The smallest absolute Gasteiger partial charge is 0.135 e. The van der Waals surface area contributed by atoms with Gasteiger partial charge in [0, 0.05) is 10.8 Å². The predicted molar refractivity (Wildman–Crippen MR) is 228 cm³/mol. The molecule has 53 heavy (non-hydrogen) atoms. The molecule has 9 aromatic rings. The topological polar surface area (TPSA) is 13.1 Å². The molecule has 0 amide bonds. The Bertz CT molecular complexity index is 2840. The van der Waals surface area contributed by atoms with Crippen LogP contribution in [0.25, 0.3) is 88.0 Å². The van der Waals surface area contributed by atoms with Crippen molar-refractivity contribution < 1.29 is 4.42 Å². The van der Waals surface area contributed by atoms with E-state index in [9.17, 15) is 0 Å². The summed E-state index contributed by atoms with van der Waals surface area (Å²) < 4.78 is 6.08. The highest BCUT2D eigenvalue weighted by Crippen LogP contribution is 2.50. The van der Waals surface area contributed by atoms with Crippen molar-refractivity contribution in [3.05, 3.63) is 166 Å². The molecule has 8 aromatic carbocycles. The van der Waals surface area contributed by atoms with E-state index in [0.29, 0.717) is 0 Å². The fourth-order valence-electron chi connectivity index (χ4n) is 8.90. The summed E-state index contributed by atoms with van der Waals surface area (Å²) in [6, 6.07) is 44.1. The lowest BCUT2D eigenvalue weighted by Crippen LogP contribution is -2.03. The Morgan fingerprint density at radius 3 is 1.13 bits per heavy atom. The van der Waals surface area contributed by atoms with E-state index in [1.165, 1.54) is 111 Å². The fourth-order valence-corrected chi connectivity index (χ4v) is 8.90. The third kappa shape index (κ3) is 4.98. The van der Waals surface area contributed by atoms with Gasteiger partial charge in [-0.2, -0.15) is 0 Å². The van der Waals surface area contributed by atoms with E-state index in [2.05, 4.69) is 165 Å². The number of aryl methyl sites for hydroxylation is 4. The highest BCUT2D eigenvalue weighted by molar-refractivity contribution is 6.25. The van der Waals surface area contributed by atoms with Gasteiger partial charge >= 0.3 is 0 Å². The summed E-state index contributed by atoms with van der Waals surface area (Å²) in [5.41, 5.74) is 22.9. The molecular formula is C52H44O. The second-order valence-corrected chi connectivity index (χ2v) is 15.1. The predicted octanol–water partition coefficient (Wildman–Crippen LogP) is 15.0. The molecule has 1 heterocycles. The molecule has 1 nitrogen and oxygen atoms in total. The fraction of sp³-hybridized carbons (Fsp3) is 0.154. The normalized spacial score (nSPS) is 11.8. The lowest BCUT2D eigenvalue weighted by Gasteiger charge is -2.27. The first-order chi connectivity index (χ1) is 25.6. The van der Waals surface area contributed by atoms with E-state index < -0.39 is 0 Å². The first-order valence-corrected chi connectivity index (χ1v) is 18.8. The zero-order valence-electron chi connectivity index (χ0n) is 32.0. The molecule has 0 atom stereocenters. The van der Waals surface area contributed by atoms with Gasteiger partial charge in [-0.25, -0.2) is 0 Å². The minimum absolute atomic E-state index is 0.924. The molecule has 0 aliphatic heterocycles. The third-order valence-corrected chi connectivity index (χ3v) is 12.5. The van der Waals surface area contributed by atoms with Crippen molar-refractivity contribution in [2.75, 3.05) is 0 Å². The van der Waals surface area contributed by atoms with Gasteiger partial charge in [-0.15, -0.1) is 0 Å². The lowest BCUT2D eigenvalue weighted by atomic mass is 9.76. The number of rotatable bonds is 4. The highest BCUT2D eigenvalue weighted by atomic mass is 16.3. The van der Waals surface area contributed by atoms with Crippen LogP contribution in [0.2, 0.25) is 0 Å². The van der Waals surface area contributed by atoms with Crippen LogP contribution in [0.15, 0.2) is 126 Å². The maximum atomic E-state index is 6.08. The van der Waals surface area contributed by atoms with E-state index in [-0.39, 0.29) is 0 Å². The number of hydrogen-bond donors (Lipinski definition) is 0. The molecule has 1 heteroatoms. The summed E-state index contributed by atoms with van der Waals surface area (Å²) in [6.45, 7) is 18.5. The van der Waals surface area contributed by atoms with Gasteiger partial charge in [0.25, 0.3) is 0 Å². The zero-order valence-corrected chi connectivity index (χ0v) is 32.0. The van der Waals surface area contributed by atoms with Crippen LogP contribution in [0.4, 0.5) is 0 Å². The van der Waals surface area contributed by atoms with Crippen LogP contribution in [-0.2, 0) is 0 Å². The molecule has 0 N–H and O–H groups in total. The Morgan fingerprint density at radius 1 is 0.283 bits per heavy atom. The first-order valence-electron chi connectivity index (χ1n) is 18.8. The Labute approximate surface area is 312 Å². The summed E-state index contributed by atoms with van der Waals surface area (Å²) in [5, 5.41) is 7.82. The van der Waals surface area contributed by atoms with E-state index in [0.717, 1.165) is 21.9 Å². The molecule has 0 saturated carbocycles. The highest BCUT2D eigenvalue weighted by Gasteiger charge is 2.25. The molecule has 0 bridgehead atoms. The van der Waals surface area contributed by atoms with Crippen molar-refractivity contribution in [1.82, 2.24) is 0 Å². The molecule has 9 rings (SSSR count). The molecule has 0 spiro atoms. The molecule has 1 aromatic heterocycles. The summed E-state index contributed by atoms with van der Waals surface area (Å²) in [7, 11) is 0. The van der Waals surface area contributed by atoms with E-state index >= 15 is 0 Å². The summed E-state index contributed by atoms with van der Waals surface area (Å²) >= 11 is 0. The van der Waals surface area contributed by atoms with Crippen LogP contribution < -0.4 is 0 Å². The van der Waals surface area contributed by atoms with Gasteiger partial charge < -0.3 is 4.42 Å². The second-order valence-electron chi connectivity index (χ2n) is 15.1. The number of hydrogen-bond acceptors (Lipinski definition) is 1. The number of benzene rings is 8. The van der Waals surface area contributed by atoms with Gasteiger partial charge in [0.05, 0.1) is 0 Å². The third-order valence-electron chi connectivity index (χ3n) is 12.5. The molecular weight excluding hydrogens is 641 g/mol.